The average molecular weight is 142 g/mol. The van der Waals surface area contributed by atoms with E-state index >= 15 is 0 Å². The summed E-state index contributed by atoms with van der Waals surface area (Å²) in [6.45, 7) is 4.01. The molecule has 0 unspecified atom stereocenters. The molecule has 0 spiro atoms. The second-order valence-electron chi connectivity index (χ2n) is 4.02. The van der Waals surface area contributed by atoms with Gasteiger partial charge in [0, 0.05) is 6.54 Å². The number of fused-ring (bicyclic) bond motifs is 1. The minimum atomic E-state index is 0.115. The standard InChI is InChI=1S/C7H14N2O/c1-6-2-7(3-6,4-9-8)10-5-6/h9H,2-5,8H2,1H3. The van der Waals surface area contributed by atoms with Crippen LogP contribution in [0.2, 0.25) is 0 Å². The third-order valence-electron chi connectivity index (χ3n) is 2.65. The molecule has 1 saturated carbocycles. The number of nitrogens with two attached hydrogens (primary N) is 1. The maximum absolute atomic E-state index is 5.62. The highest BCUT2D eigenvalue weighted by atomic mass is 16.5. The van der Waals surface area contributed by atoms with E-state index in [1.807, 2.05) is 0 Å². The lowest BCUT2D eigenvalue weighted by Crippen LogP contribution is -2.51. The predicted octanol–water partition coefficient (Wildman–Crippen LogP) is 0.0188. The van der Waals surface area contributed by atoms with Crippen molar-refractivity contribution in [2.75, 3.05) is 13.2 Å². The first-order chi connectivity index (χ1) is 4.68. The molecule has 3 rings (SSSR count). The Labute approximate surface area is 60.9 Å². The number of hydrogen-bond acceptors (Lipinski definition) is 3. The predicted molar refractivity (Wildman–Crippen MR) is 38.2 cm³/mol. The van der Waals surface area contributed by atoms with Crippen molar-refractivity contribution in [3.63, 3.8) is 0 Å². The first-order valence-corrected chi connectivity index (χ1v) is 3.76. The van der Waals surface area contributed by atoms with Gasteiger partial charge in [0.2, 0.25) is 0 Å². The summed E-state index contributed by atoms with van der Waals surface area (Å²) in [6, 6.07) is 0. The lowest BCUT2D eigenvalue weighted by molar-refractivity contribution is -0.00992. The molecule has 3 nitrogen and oxygen atoms in total. The van der Waals surface area contributed by atoms with E-state index in [-0.39, 0.29) is 5.60 Å². The summed E-state index contributed by atoms with van der Waals surface area (Å²) >= 11 is 0. The van der Waals surface area contributed by atoms with Gasteiger partial charge in [-0.25, -0.2) is 0 Å². The van der Waals surface area contributed by atoms with Gasteiger partial charge >= 0.3 is 0 Å². The molecule has 10 heavy (non-hydrogen) atoms. The minimum Gasteiger partial charge on any atom is -0.373 e. The van der Waals surface area contributed by atoms with Crippen molar-refractivity contribution in [2.24, 2.45) is 11.3 Å². The van der Waals surface area contributed by atoms with Crippen molar-refractivity contribution in [1.29, 1.82) is 0 Å². The fraction of sp³-hybridized carbons (Fsp3) is 1.00. The summed E-state index contributed by atoms with van der Waals surface area (Å²) in [7, 11) is 0. The van der Waals surface area contributed by atoms with Crippen molar-refractivity contribution in [1.82, 2.24) is 5.43 Å². The van der Waals surface area contributed by atoms with Gasteiger partial charge < -0.3 is 4.74 Å². The van der Waals surface area contributed by atoms with Crippen LogP contribution in [0, 0.1) is 5.41 Å². The van der Waals surface area contributed by atoms with E-state index in [1.165, 1.54) is 12.8 Å². The maximum Gasteiger partial charge on any atom is 0.0832 e. The van der Waals surface area contributed by atoms with Gasteiger partial charge in [-0.2, -0.15) is 0 Å². The SMILES string of the molecule is CC12COC(CNN)(C1)C2. The van der Waals surface area contributed by atoms with E-state index in [0.29, 0.717) is 5.41 Å². The molecule has 3 fully saturated rings. The Bertz CT molecular complexity index is 148. The number of rotatable bonds is 2. The molecule has 0 amide bonds. The Kier molecular flexibility index (Phi) is 1.14. The summed E-state index contributed by atoms with van der Waals surface area (Å²) in [5.41, 5.74) is 3.28. The van der Waals surface area contributed by atoms with Gasteiger partial charge in [-0.05, 0) is 18.3 Å². The molecule has 3 N–H and O–H groups in total. The Morgan fingerprint density at radius 1 is 1.60 bits per heavy atom. The van der Waals surface area contributed by atoms with Crippen LogP contribution in [0.4, 0.5) is 0 Å². The van der Waals surface area contributed by atoms with E-state index in [9.17, 15) is 0 Å². The molecule has 2 bridgehead atoms. The molecule has 0 radical (unpaired) electrons. The van der Waals surface area contributed by atoms with E-state index in [1.54, 1.807) is 0 Å². The molecule has 0 aromatic heterocycles. The molecule has 0 atom stereocenters. The van der Waals surface area contributed by atoms with Crippen molar-refractivity contribution in [3.8, 4) is 0 Å². The second-order valence-corrected chi connectivity index (χ2v) is 4.02. The second kappa shape index (κ2) is 1.72. The van der Waals surface area contributed by atoms with Gasteiger partial charge in [-0.3, -0.25) is 11.3 Å². The Morgan fingerprint density at radius 2 is 2.30 bits per heavy atom. The zero-order valence-electron chi connectivity index (χ0n) is 6.31. The topological polar surface area (TPSA) is 47.3 Å². The van der Waals surface area contributed by atoms with Crippen LogP contribution in [-0.2, 0) is 4.74 Å². The molecule has 2 aliphatic heterocycles. The van der Waals surface area contributed by atoms with Crippen LogP contribution in [0.25, 0.3) is 0 Å². The molecule has 2 heterocycles. The fourth-order valence-electron chi connectivity index (χ4n) is 2.40. The summed E-state index contributed by atoms with van der Waals surface area (Å²) < 4.78 is 5.62. The van der Waals surface area contributed by atoms with Gasteiger partial charge in [0.15, 0.2) is 0 Å². The number of hydrogen-bond donors (Lipinski definition) is 2. The van der Waals surface area contributed by atoms with Crippen LogP contribution in [0.3, 0.4) is 0 Å². The molecule has 0 aromatic rings. The van der Waals surface area contributed by atoms with Crippen molar-refractivity contribution in [3.05, 3.63) is 0 Å². The Balaban J connectivity index is 2.00. The van der Waals surface area contributed by atoms with E-state index in [4.69, 9.17) is 10.6 Å². The molecule has 3 heteroatoms. The third-order valence-corrected chi connectivity index (χ3v) is 2.65. The molecule has 0 aromatic carbocycles. The van der Waals surface area contributed by atoms with Crippen LogP contribution < -0.4 is 11.3 Å². The van der Waals surface area contributed by atoms with Crippen molar-refractivity contribution < 1.29 is 4.74 Å². The van der Waals surface area contributed by atoms with Crippen molar-refractivity contribution in [2.45, 2.75) is 25.4 Å². The zero-order chi connectivity index (χ0) is 7.24. The highest BCUT2D eigenvalue weighted by Gasteiger charge is 2.59. The molecule has 3 aliphatic rings. The summed E-state index contributed by atoms with van der Waals surface area (Å²) in [5.74, 6) is 5.23. The number of ether oxygens (including phenoxy) is 1. The first-order valence-electron chi connectivity index (χ1n) is 3.76. The smallest absolute Gasteiger partial charge is 0.0832 e. The monoisotopic (exact) mass is 142 g/mol. The van der Waals surface area contributed by atoms with Crippen LogP contribution in [0.5, 0.6) is 0 Å². The summed E-state index contributed by atoms with van der Waals surface area (Å²) in [5, 5.41) is 0. The van der Waals surface area contributed by atoms with Crippen LogP contribution in [-0.4, -0.2) is 18.8 Å². The summed E-state index contributed by atoms with van der Waals surface area (Å²) in [4.78, 5) is 0. The minimum absolute atomic E-state index is 0.115. The Morgan fingerprint density at radius 3 is 2.70 bits per heavy atom. The number of hydrazine groups is 1. The highest BCUT2D eigenvalue weighted by Crippen LogP contribution is 2.56. The maximum atomic E-state index is 5.62. The summed E-state index contributed by atoms with van der Waals surface area (Å²) in [6.07, 6.45) is 2.37. The van der Waals surface area contributed by atoms with E-state index in [0.717, 1.165) is 13.2 Å². The Hall–Kier alpha value is -0.120. The fourth-order valence-corrected chi connectivity index (χ4v) is 2.40. The quantitative estimate of drug-likeness (QED) is 0.422. The van der Waals surface area contributed by atoms with Gasteiger partial charge in [-0.15, -0.1) is 0 Å². The largest absolute Gasteiger partial charge is 0.373 e. The zero-order valence-corrected chi connectivity index (χ0v) is 6.31. The van der Waals surface area contributed by atoms with E-state index in [2.05, 4.69) is 12.3 Å². The van der Waals surface area contributed by atoms with Gasteiger partial charge in [-0.1, -0.05) is 6.92 Å². The molecule has 1 aliphatic carbocycles. The van der Waals surface area contributed by atoms with Crippen LogP contribution in [0.15, 0.2) is 0 Å². The van der Waals surface area contributed by atoms with E-state index < -0.39 is 0 Å². The lowest BCUT2D eigenvalue weighted by Gasteiger charge is -2.42. The van der Waals surface area contributed by atoms with Gasteiger partial charge in [0.1, 0.15) is 0 Å². The molecular formula is C7H14N2O. The van der Waals surface area contributed by atoms with Crippen LogP contribution >= 0.6 is 0 Å². The molecule has 2 saturated heterocycles. The lowest BCUT2D eigenvalue weighted by atomic mass is 9.64. The number of nitrogens with one attached hydrogen (secondary N) is 1. The molecular weight excluding hydrogens is 128 g/mol. The molecule has 58 valence electrons. The highest BCUT2D eigenvalue weighted by molar-refractivity contribution is 5.09. The third kappa shape index (κ3) is 0.713. The van der Waals surface area contributed by atoms with Gasteiger partial charge in [0.25, 0.3) is 0 Å². The normalized spacial score (nSPS) is 51.0. The van der Waals surface area contributed by atoms with Gasteiger partial charge in [0.05, 0.1) is 12.2 Å². The van der Waals surface area contributed by atoms with Crippen LogP contribution in [0.1, 0.15) is 19.8 Å². The van der Waals surface area contributed by atoms with Crippen molar-refractivity contribution >= 4 is 0 Å². The average Bonchev–Trinajstić information content (AvgIpc) is 2.21. The first kappa shape index (κ1) is 6.58.